The number of pyridine rings is 1. The Balaban J connectivity index is 3.29. The number of nitrogens with zero attached hydrogens (tertiary/aromatic N) is 1. The molecule has 14 heavy (non-hydrogen) atoms. The molecule has 0 aliphatic rings. The fourth-order valence-corrected chi connectivity index (χ4v) is 0.899. The standard InChI is InChI=1S/C8H6F3NO2/c1-14-7-6(8(9,10)11)2-5(4-13)3-12-7/h2-4H,1H3. The molecule has 6 heteroatoms. The van der Waals surface area contributed by atoms with E-state index >= 15 is 0 Å². The molecule has 76 valence electrons. The van der Waals surface area contributed by atoms with Crippen molar-refractivity contribution in [1.29, 1.82) is 0 Å². The van der Waals surface area contributed by atoms with Crippen molar-refractivity contribution in [1.82, 2.24) is 4.98 Å². The van der Waals surface area contributed by atoms with Crippen molar-refractivity contribution in [3.05, 3.63) is 23.4 Å². The number of hydrogen-bond acceptors (Lipinski definition) is 3. The van der Waals surface area contributed by atoms with Gasteiger partial charge in [-0.15, -0.1) is 0 Å². The Labute approximate surface area is 77.5 Å². The van der Waals surface area contributed by atoms with Gasteiger partial charge in [0.1, 0.15) is 5.56 Å². The zero-order valence-electron chi connectivity index (χ0n) is 7.13. The zero-order valence-corrected chi connectivity index (χ0v) is 7.13. The molecule has 0 fully saturated rings. The van der Waals surface area contributed by atoms with Crippen molar-refractivity contribution >= 4 is 6.29 Å². The molecule has 0 amide bonds. The van der Waals surface area contributed by atoms with Gasteiger partial charge >= 0.3 is 6.18 Å². The van der Waals surface area contributed by atoms with E-state index in [0.29, 0.717) is 12.4 Å². The van der Waals surface area contributed by atoms with Gasteiger partial charge in [-0.1, -0.05) is 0 Å². The topological polar surface area (TPSA) is 39.2 Å². The second kappa shape index (κ2) is 3.65. The molecule has 1 aromatic heterocycles. The fraction of sp³-hybridized carbons (Fsp3) is 0.250. The van der Waals surface area contributed by atoms with Crippen LogP contribution in [0.1, 0.15) is 15.9 Å². The molecule has 0 unspecified atom stereocenters. The van der Waals surface area contributed by atoms with Gasteiger partial charge in [-0.3, -0.25) is 4.79 Å². The molecule has 0 aliphatic carbocycles. The van der Waals surface area contributed by atoms with Crippen LogP contribution in [0.5, 0.6) is 5.88 Å². The van der Waals surface area contributed by atoms with Crippen LogP contribution in [0.4, 0.5) is 13.2 Å². The average Bonchev–Trinajstić information content (AvgIpc) is 2.15. The van der Waals surface area contributed by atoms with Crippen LogP contribution in [0.3, 0.4) is 0 Å². The molecule has 0 radical (unpaired) electrons. The first-order chi connectivity index (χ1) is 6.49. The minimum absolute atomic E-state index is 0.141. The maximum Gasteiger partial charge on any atom is 0.421 e. The van der Waals surface area contributed by atoms with E-state index in [1.54, 1.807) is 0 Å². The summed E-state index contributed by atoms with van der Waals surface area (Å²) in [6.45, 7) is 0. The van der Waals surface area contributed by atoms with Gasteiger partial charge in [0.05, 0.1) is 7.11 Å². The Kier molecular flexibility index (Phi) is 2.73. The second-order valence-electron chi connectivity index (χ2n) is 2.44. The van der Waals surface area contributed by atoms with E-state index in [1.165, 1.54) is 0 Å². The van der Waals surface area contributed by atoms with Crippen molar-refractivity contribution < 1.29 is 22.7 Å². The molecule has 0 spiro atoms. The molecular weight excluding hydrogens is 199 g/mol. The zero-order chi connectivity index (χ0) is 10.8. The SMILES string of the molecule is COc1ncc(C=O)cc1C(F)(F)F. The maximum atomic E-state index is 12.3. The molecular formula is C8H6F3NO2. The van der Waals surface area contributed by atoms with Crippen LogP contribution in [0.25, 0.3) is 0 Å². The first-order valence-electron chi connectivity index (χ1n) is 3.55. The van der Waals surface area contributed by atoms with Crippen molar-refractivity contribution in [2.24, 2.45) is 0 Å². The first kappa shape index (κ1) is 10.5. The number of halogens is 3. The van der Waals surface area contributed by atoms with Crippen LogP contribution in [0.15, 0.2) is 12.3 Å². The van der Waals surface area contributed by atoms with Crippen LogP contribution in [0.2, 0.25) is 0 Å². The number of rotatable bonds is 2. The number of carbonyl (C=O) groups is 1. The summed E-state index contributed by atoms with van der Waals surface area (Å²) >= 11 is 0. The number of hydrogen-bond donors (Lipinski definition) is 0. The second-order valence-corrected chi connectivity index (χ2v) is 2.44. The third kappa shape index (κ3) is 2.01. The quantitative estimate of drug-likeness (QED) is 0.692. The van der Waals surface area contributed by atoms with Crippen LogP contribution >= 0.6 is 0 Å². The van der Waals surface area contributed by atoms with E-state index in [1.807, 2.05) is 0 Å². The van der Waals surface area contributed by atoms with Crippen LogP contribution in [0, 0.1) is 0 Å². The smallest absolute Gasteiger partial charge is 0.421 e. The molecule has 0 saturated heterocycles. The van der Waals surface area contributed by atoms with Crippen molar-refractivity contribution in [2.75, 3.05) is 7.11 Å². The Morgan fingerprint density at radius 1 is 1.50 bits per heavy atom. The highest BCUT2D eigenvalue weighted by Gasteiger charge is 2.35. The predicted octanol–water partition coefficient (Wildman–Crippen LogP) is 1.92. The molecule has 0 bridgehead atoms. The van der Waals surface area contributed by atoms with E-state index in [0.717, 1.165) is 13.3 Å². The lowest BCUT2D eigenvalue weighted by Crippen LogP contribution is -2.09. The van der Waals surface area contributed by atoms with Gasteiger partial charge in [0, 0.05) is 11.8 Å². The molecule has 0 aromatic carbocycles. The van der Waals surface area contributed by atoms with E-state index in [9.17, 15) is 18.0 Å². The van der Waals surface area contributed by atoms with E-state index < -0.39 is 17.6 Å². The van der Waals surface area contributed by atoms with Crippen molar-refractivity contribution in [2.45, 2.75) is 6.18 Å². The summed E-state index contributed by atoms with van der Waals surface area (Å²) in [5, 5.41) is 0. The van der Waals surface area contributed by atoms with E-state index in [-0.39, 0.29) is 5.56 Å². The number of alkyl halides is 3. The Hall–Kier alpha value is -1.59. The first-order valence-corrected chi connectivity index (χ1v) is 3.55. The van der Waals surface area contributed by atoms with E-state index in [4.69, 9.17) is 0 Å². The molecule has 3 nitrogen and oxygen atoms in total. The van der Waals surface area contributed by atoms with Gasteiger partial charge in [-0.05, 0) is 6.07 Å². The van der Waals surface area contributed by atoms with E-state index in [2.05, 4.69) is 9.72 Å². The van der Waals surface area contributed by atoms with Gasteiger partial charge in [-0.25, -0.2) is 4.98 Å². The third-order valence-corrected chi connectivity index (χ3v) is 1.51. The van der Waals surface area contributed by atoms with Crippen molar-refractivity contribution in [3.63, 3.8) is 0 Å². The lowest BCUT2D eigenvalue weighted by molar-refractivity contribution is -0.139. The highest BCUT2D eigenvalue weighted by atomic mass is 19.4. The molecule has 0 aliphatic heterocycles. The number of methoxy groups -OCH3 is 1. The Bertz CT molecular complexity index is 349. The summed E-state index contributed by atoms with van der Waals surface area (Å²) in [5.41, 5.74) is -1.19. The predicted molar refractivity (Wildman–Crippen MR) is 41.2 cm³/mol. The maximum absolute atomic E-state index is 12.3. The third-order valence-electron chi connectivity index (χ3n) is 1.51. The monoisotopic (exact) mass is 205 g/mol. The van der Waals surface area contributed by atoms with Crippen LogP contribution in [-0.4, -0.2) is 18.4 Å². The lowest BCUT2D eigenvalue weighted by atomic mass is 10.2. The Morgan fingerprint density at radius 2 is 2.14 bits per heavy atom. The van der Waals surface area contributed by atoms with Gasteiger partial charge in [0.15, 0.2) is 6.29 Å². The molecule has 0 saturated carbocycles. The number of carbonyl (C=O) groups excluding carboxylic acids is 1. The molecule has 0 atom stereocenters. The summed E-state index contributed by atoms with van der Waals surface area (Å²) < 4.78 is 41.4. The summed E-state index contributed by atoms with van der Waals surface area (Å²) in [5.74, 6) is -0.539. The minimum Gasteiger partial charge on any atom is -0.481 e. The Morgan fingerprint density at radius 3 is 2.57 bits per heavy atom. The summed E-state index contributed by atoms with van der Waals surface area (Å²) in [4.78, 5) is 13.6. The lowest BCUT2D eigenvalue weighted by Gasteiger charge is -2.10. The van der Waals surface area contributed by atoms with Crippen molar-refractivity contribution in [3.8, 4) is 5.88 Å². The summed E-state index contributed by atoms with van der Waals surface area (Å²) in [6.07, 6.45) is -3.26. The average molecular weight is 205 g/mol. The minimum atomic E-state index is -4.57. The highest BCUT2D eigenvalue weighted by molar-refractivity contribution is 5.74. The molecule has 1 rings (SSSR count). The normalized spacial score (nSPS) is 11.1. The highest BCUT2D eigenvalue weighted by Crippen LogP contribution is 2.34. The largest absolute Gasteiger partial charge is 0.481 e. The number of aromatic nitrogens is 1. The van der Waals surface area contributed by atoms with Crippen LogP contribution in [-0.2, 0) is 6.18 Å². The molecule has 1 aromatic rings. The number of ether oxygens (including phenoxy) is 1. The van der Waals surface area contributed by atoms with Gasteiger partial charge in [-0.2, -0.15) is 13.2 Å². The van der Waals surface area contributed by atoms with Gasteiger partial charge in [0.25, 0.3) is 0 Å². The molecule has 0 N–H and O–H groups in total. The van der Waals surface area contributed by atoms with Gasteiger partial charge in [0.2, 0.25) is 5.88 Å². The molecule has 1 heterocycles. The van der Waals surface area contributed by atoms with Crippen LogP contribution < -0.4 is 4.74 Å². The number of aldehydes is 1. The fourth-order valence-electron chi connectivity index (χ4n) is 0.899. The summed E-state index contributed by atoms with van der Waals surface area (Å²) in [6, 6.07) is 0.693. The van der Waals surface area contributed by atoms with Gasteiger partial charge < -0.3 is 4.74 Å². The summed E-state index contributed by atoms with van der Waals surface area (Å²) in [7, 11) is 1.08.